The van der Waals surface area contributed by atoms with E-state index in [1.54, 1.807) is 10.7 Å². The van der Waals surface area contributed by atoms with Crippen LogP contribution >= 0.6 is 11.3 Å². The molecule has 0 amide bonds. The Labute approximate surface area is 155 Å². The first-order valence-electron chi connectivity index (χ1n) is 9.05. The molecule has 5 rings (SSSR count). The standard InChI is InChI=1S/C20H21FN4S/c1-12-5-13(3-4-22-12)18-7-14-10-25(11-19(14)26-18)16-6-15-9-24(2)23-20(15)17(21)8-16/h6-13,22H,3-5H2,1-2H3/t12-,13-/m0/s1. The highest BCUT2D eigenvalue weighted by atomic mass is 32.1. The second kappa shape index (κ2) is 5.93. The Kier molecular flexibility index (Phi) is 3.65. The van der Waals surface area contributed by atoms with E-state index in [1.165, 1.54) is 27.8 Å². The molecular formula is C20H21FN4S. The molecule has 1 fully saturated rings. The maximum Gasteiger partial charge on any atom is 0.153 e. The molecule has 4 aromatic rings. The molecule has 0 aliphatic carbocycles. The summed E-state index contributed by atoms with van der Waals surface area (Å²) in [4.78, 5) is 1.48. The van der Waals surface area contributed by atoms with Crippen molar-refractivity contribution in [2.75, 3.05) is 6.54 Å². The number of benzene rings is 1. The van der Waals surface area contributed by atoms with E-state index in [0.717, 1.165) is 17.6 Å². The highest BCUT2D eigenvalue weighted by Gasteiger charge is 2.22. The minimum atomic E-state index is -0.278. The SMILES string of the molecule is C[C@H]1C[C@@H](c2cc3cn(-c4cc(F)c5nn(C)cc5c4)cc3s2)CCN1. The lowest BCUT2D eigenvalue weighted by Crippen LogP contribution is -2.34. The van der Waals surface area contributed by atoms with Crippen LogP contribution in [0, 0.1) is 5.82 Å². The van der Waals surface area contributed by atoms with Gasteiger partial charge in [-0.15, -0.1) is 11.3 Å². The van der Waals surface area contributed by atoms with Crippen LogP contribution in [0.3, 0.4) is 0 Å². The molecule has 26 heavy (non-hydrogen) atoms. The van der Waals surface area contributed by atoms with Gasteiger partial charge in [0.2, 0.25) is 0 Å². The first kappa shape index (κ1) is 16.0. The molecule has 134 valence electrons. The maximum atomic E-state index is 14.4. The third-order valence-corrected chi connectivity index (χ3v) is 6.58. The summed E-state index contributed by atoms with van der Waals surface area (Å²) in [7, 11) is 1.81. The number of fused-ring (bicyclic) bond motifs is 2. The number of aryl methyl sites for hydroxylation is 1. The number of rotatable bonds is 2. The summed E-state index contributed by atoms with van der Waals surface area (Å²) in [5, 5.41) is 9.76. The molecule has 0 bridgehead atoms. The minimum Gasteiger partial charge on any atom is -0.322 e. The van der Waals surface area contributed by atoms with Crippen molar-refractivity contribution >= 4 is 32.3 Å². The lowest BCUT2D eigenvalue weighted by atomic mass is 9.92. The van der Waals surface area contributed by atoms with E-state index in [0.29, 0.717) is 17.5 Å². The molecule has 0 unspecified atom stereocenters. The van der Waals surface area contributed by atoms with Crippen molar-refractivity contribution < 1.29 is 4.39 Å². The van der Waals surface area contributed by atoms with E-state index in [2.05, 4.69) is 35.8 Å². The predicted octanol–water partition coefficient (Wildman–Crippen LogP) is 4.57. The molecule has 4 heterocycles. The second-order valence-electron chi connectivity index (χ2n) is 7.38. The van der Waals surface area contributed by atoms with Gasteiger partial charge in [0.05, 0.1) is 4.70 Å². The Balaban J connectivity index is 1.51. The second-order valence-corrected chi connectivity index (χ2v) is 8.49. The number of hydrogen-bond donors (Lipinski definition) is 1. The van der Waals surface area contributed by atoms with E-state index in [4.69, 9.17) is 0 Å². The molecule has 4 nitrogen and oxygen atoms in total. The van der Waals surface area contributed by atoms with Crippen molar-refractivity contribution in [1.29, 1.82) is 0 Å². The molecule has 1 saturated heterocycles. The summed E-state index contributed by atoms with van der Waals surface area (Å²) in [6.07, 6.45) is 8.48. The first-order chi connectivity index (χ1) is 12.6. The summed E-state index contributed by atoms with van der Waals surface area (Å²) in [5.74, 6) is 0.376. The van der Waals surface area contributed by atoms with Gasteiger partial charge in [-0.1, -0.05) is 0 Å². The normalized spacial score (nSPS) is 21.0. The highest BCUT2D eigenvalue weighted by molar-refractivity contribution is 7.19. The summed E-state index contributed by atoms with van der Waals surface area (Å²) in [5.41, 5.74) is 1.26. The maximum absolute atomic E-state index is 14.4. The Morgan fingerprint density at radius 2 is 2.08 bits per heavy atom. The number of aromatic nitrogens is 3. The van der Waals surface area contributed by atoms with Crippen molar-refractivity contribution in [3.63, 3.8) is 0 Å². The fraction of sp³-hybridized carbons (Fsp3) is 0.350. The molecule has 0 saturated carbocycles. The molecule has 1 N–H and O–H groups in total. The summed E-state index contributed by atoms with van der Waals surface area (Å²) < 4.78 is 19.3. The fourth-order valence-electron chi connectivity index (χ4n) is 4.04. The van der Waals surface area contributed by atoms with Crippen molar-refractivity contribution in [2.24, 2.45) is 7.05 Å². The van der Waals surface area contributed by atoms with Crippen LogP contribution in [-0.4, -0.2) is 26.9 Å². The lowest BCUT2D eigenvalue weighted by Gasteiger charge is -2.27. The molecule has 3 aromatic heterocycles. The molecular weight excluding hydrogens is 347 g/mol. The Morgan fingerprint density at radius 3 is 2.88 bits per heavy atom. The van der Waals surface area contributed by atoms with Gasteiger partial charge in [-0.2, -0.15) is 5.10 Å². The third kappa shape index (κ3) is 2.64. The van der Waals surface area contributed by atoms with Gasteiger partial charge in [0.25, 0.3) is 0 Å². The van der Waals surface area contributed by atoms with Crippen LogP contribution in [-0.2, 0) is 7.05 Å². The average molecular weight is 368 g/mol. The monoisotopic (exact) mass is 368 g/mol. The highest BCUT2D eigenvalue weighted by Crippen LogP contribution is 2.37. The number of nitrogens with one attached hydrogen (secondary N) is 1. The minimum absolute atomic E-state index is 0.278. The van der Waals surface area contributed by atoms with Crippen LogP contribution in [0.25, 0.3) is 26.7 Å². The first-order valence-corrected chi connectivity index (χ1v) is 9.86. The predicted molar refractivity (Wildman–Crippen MR) is 105 cm³/mol. The van der Waals surface area contributed by atoms with Crippen molar-refractivity contribution in [3.8, 4) is 5.69 Å². The van der Waals surface area contributed by atoms with Gasteiger partial charge in [-0.3, -0.25) is 4.68 Å². The van der Waals surface area contributed by atoms with Crippen molar-refractivity contribution in [3.05, 3.63) is 47.5 Å². The van der Waals surface area contributed by atoms with E-state index < -0.39 is 0 Å². The Hall–Kier alpha value is -2.18. The van der Waals surface area contributed by atoms with Gasteiger partial charge in [0, 0.05) is 59.1 Å². The topological polar surface area (TPSA) is 34.8 Å². The zero-order valence-electron chi connectivity index (χ0n) is 14.9. The van der Waals surface area contributed by atoms with Gasteiger partial charge in [-0.05, 0) is 44.4 Å². The van der Waals surface area contributed by atoms with Crippen molar-refractivity contribution in [1.82, 2.24) is 19.7 Å². The molecule has 0 radical (unpaired) electrons. The van der Waals surface area contributed by atoms with Crippen LogP contribution in [0.2, 0.25) is 0 Å². The number of halogens is 1. The molecule has 1 aromatic carbocycles. The lowest BCUT2D eigenvalue weighted by molar-refractivity contribution is 0.384. The van der Waals surface area contributed by atoms with Gasteiger partial charge < -0.3 is 9.88 Å². The van der Waals surface area contributed by atoms with Gasteiger partial charge in [0.1, 0.15) is 5.52 Å². The smallest absolute Gasteiger partial charge is 0.153 e. The van der Waals surface area contributed by atoms with Gasteiger partial charge in [-0.25, -0.2) is 4.39 Å². The quantitative estimate of drug-likeness (QED) is 0.562. The third-order valence-electron chi connectivity index (χ3n) is 5.33. The van der Waals surface area contributed by atoms with Crippen LogP contribution in [0.15, 0.2) is 36.8 Å². The number of thiophene rings is 1. The average Bonchev–Trinajstić information content (AvgIpc) is 3.26. The number of hydrogen-bond acceptors (Lipinski definition) is 3. The largest absolute Gasteiger partial charge is 0.322 e. The van der Waals surface area contributed by atoms with Crippen LogP contribution in [0.4, 0.5) is 4.39 Å². The van der Waals surface area contributed by atoms with E-state index in [1.807, 2.05) is 35.2 Å². The summed E-state index contributed by atoms with van der Waals surface area (Å²) in [6.45, 7) is 3.36. The molecule has 1 aliphatic rings. The molecule has 6 heteroatoms. The Bertz CT molecular complexity index is 1070. The zero-order valence-corrected chi connectivity index (χ0v) is 15.7. The molecule has 0 spiro atoms. The summed E-state index contributed by atoms with van der Waals surface area (Å²) >= 11 is 1.87. The summed E-state index contributed by atoms with van der Waals surface area (Å²) in [6, 6.07) is 6.46. The van der Waals surface area contributed by atoms with Crippen LogP contribution in [0.5, 0.6) is 0 Å². The zero-order chi connectivity index (χ0) is 17.8. The Morgan fingerprint density at radius 1 is 1.19 bits per heavy atom. The molecule has 1 aliphatic heterocycles. The fourth-order valence-corrected chi connectivity index (χ4v) is 5.26. The van der Waals surface area contributed by atoms with Crippen molar-refractivity contribution in [2.45, 2.75) is 31.7 Å². The molecule has 2 atom stereocenters. The number of nitrogens with zero attached hydrogens (tertiary/aromatic N) is 3. The van der Waals surface area contributed by atoms with E-state index >= 15 is 0 Å². The van der Waals surface area contributed by atoms with Gasteiger partial charge >= 0.3 is 0 Å². The van der Waals surface area contributed by atoms with Crippen LogP contribution in [0.1, 0.15) is 30.6 Å². The van der Waals surface area contributed by atoms with E-state index in [-0.39, 0.29) is 5.82 Å². The van der Waals surface area contributed by atoms with Crippen LogP contribution < -0.4 is 5.32 Å². The number of piperidine rings is 1. The van der Waals surface area contributed by atoms with Gasteiger partial charge in [0.15, 0.2) is 5.82 Å². The van der Waals surface area contributed by atoms with E-state index in [9.17, 15) is 4.39 Å².